The molecule has 0 bridgehead atoms. The number of thiophene rings is 1. The molecule has 1 aromatic carbocycles. The average molecular weight is 275 g/mol. The minimum Gasteiger partial charge on any atom is -0.396 e. The highest BCUT2D eigenvalue weighted by Crippen LogP contribution is 2.14. The predicted molar refractivity (Wildman–Crippen MR) is 78.5 cm³/mol. The van der Waals surface area contributed by atoms with Crippen molar-refractivity contribution in [3.63, 3.8) is 0 Å². The highest BCUT2D eigenvalue weighted by molar-refractivity contribution is 7.10. The number of carbonyl (C=O) groups is 1. The molecule has 0 atom stereocenters. The zero-order chi connectivity index (χ0) is 13.5. The maximum Gasteiger partial charge on any atom is 0.229 e. The minimum atomic E-state index is 0.00163. The number of benzene rings is 1. The van der Waals surface area contributed by atoms with Crippen molar-refractivity contribution in [2.45, 2.75) is 19.3 Å². The third kappa shape index (κ3) is 4.50. The van der Waals surface area contributed by atoms with Crippen LogP contribution in [0.15, 0.2) is 41.8 Å². The Morgan fingerprint density at radius 1 is 1.26 bits per heavy atom. The van der Waals surface area contributed by atoms with E-state index in [1.165, 1.54) is 0 Å². The van der Waals surface area contributed by atoms with Crippen LogP contribution in [0, 0.1) is 0 Å². The Hall–Kier alpha value is -1.65. The number of hydrogen-bond donors (Lipinski definition) is 2. The molecule has 100 valence electrons. The maximum atomic E-state index is 11.9. The zero-order valence-corrected chi connectivity index (χ0v) is 11.5. The third-order valence-electron chi connectivity index (χ3n) is 2.75. The molecule has 0 aliphatic rings. The third-order valence-corrected chi connectivity index (χ3v) is 3.63. The van der Waals surface area contributed by atoms with Crippen molar-refractivity contribution in [3.05, 3.63) is 52.2 Å². The number of anilines is 1. The molecule has 1 heterocycles. The molecule has 0 aliphatic heterocycles. The summed E-state index contributed by atoms with van der Waals surface area (Å²) in [6.45, 7) is 0.189. The summed E-state index contributed by atoms with van der Waals surface area (Å²) in [5, 5.41) is 13.7. The van der Waals surface area contributed by atoms with Crippen LogP contribution in [0.5, 0.6) is 0 Å². The molecule has 1 amide bonds. The topological polar surface area (TPSA) is 49.3 Å². The predicted octanol–water partition coefficient (Wildman–Crippen LogP) is 2.85. The Morgan fingerprint density at radius 3 is 2.89 bits per heavy atom. The fourth-order valence-electron chi connectivity index (χ4n) is 1.86. The summed E-state index contributed by atoms with van der Waals surface area (Å²) in [6.07, 6.45) is 1.98. The molecule has 0 aliphatic carbocycles. The molecule has 0 radical (unpaired) electrons. The molecule has 19 heavy (non-hydrogen) atoms. The monoisotopic (exact) mass is 275 g/mol. The first-order chi connectivity index (χ1) is 9.28. The average Bonchev–Trinajstić information content (AvgIpc) is 2.89. The highest BCUT2D eigenvalue weighted by Gasteiger charge is 2.05. The van der Waals surface area contributed by atoms with Crippen LogP contribution in [0.25, 0.3) is 0 Å². The van der Waals surface area contributed by atoms with E-state index in [1.54, 1.807) is 11.3 Å². The SMILES string of the molecule is O=C(Cc1cccs1)Nc1cccc(CCCO)c1. The van der Waals surface area contributed by atoms with Gasteiger partial charge in [-0.1, -0.05) is 18.2 Å². The van der Waals surface area contributed by atoms with Crippen molar-refractivity contribution in [1.29, 1.82) is 0 Å². The fourth-order valence-corrected chi connectivity index (χ4v) is 2.57. The zero-order valence-electron chi connectivity index (χ0n) is 10.6. The summed E-state index contributed by atoms with van der Waals surface area (Å²) in [6, 6.07) is 11.7. The standard InChI is InChI=1S/C15H17NO2S/c17-8-2-5-12-4-1-6-13(10-12)16-15(18)11-14-7-3-9-19-14/h1,3-4,6-7,9-10,17H,2,5,8,11H2,(H,16,18). The Balaban J connectivity index is 1.92. The Morgan fingerprint density at radius 2 is 2.16 bits per heavy atom. The summed E-state index contributed by atoms with van der Waals surface area (Å²) in [4.78, 5) is 12.9. The van der Waals surface area contributed by atoms with Gasteiger partial charge in [-0.25, -0.2) is 0 Å². The van der Waals surface area contributed by atoms with Gasteiger partial charge in [0.15, 0.2) is 0 Å². The van der Waals surface area contributed by atoms with E-state index >= 15 is 0 Å². The van der Waals surface area contributed by atoms with E-state index in [4.69, 9.17) is 5.11 Å². The van der Waals surface area contributed by atoms with E-state index in [0.29, 0.717) is 6.42 Å². The minimum absolute atomic E-state index is 0.00163. The molecular formula is C15H17NO2S. The number of aliphatic hydroxyl groups is 1. The Kier molecular flexibility index (Phi) is 5.12. The van der Waals surface area contributed by atoms with Crippen molar-refractivity contribution in [2.75, 3.05) is 11.9 Å². The number of nitrogens with one attached hydrogen (secondary N) is 1. The first-order valence-corrected chi connectivity index (χ1v) is 7.18. The summed E-state index contributed by atoms with van der Waals surface area (Å²) in [7, 11) is 0. The van der Waals surface area contributed by atoms with Crippen molar-refractivity contribution < 1.29 is 9.90 Å². The molecule has 0 fully saturated rings. The maximum absolute atomic E-state index is 11.9. The van der Waals surface area contributed by atoms with E-state index in [9.17, 15) is 4.79 Å². The molecule has 0 saturated heterocycles. The number of aliphatic hydroxyl groups excluding tert-OH is 1. The lowest BCUT2D eigenvalue weighted by molar-refractivity contribution is -0.115. The summed E-state index contributed by atoms with van der Waals surface area (Å²) in [5.74, 6) is 0.00163. The van der Waals surface area contributed by atoms with Crippen LogP contribution in [0.3, 0.4) is 0 Å². The van der Waals surface area contributed by atoms with Crippen LogP contribution in [0.1, 0.15) is 16.9 Å². The lowest BCUT2D eigenvalue weighted by Crippen LogP contribution is -2.13. The number of amides is 1. The molecule has 0 saturated carbocycles. The molecule has 2 rings (SSSR count). The van der Waals surface area contributed by atoms with Gasteiger partial charge in [0, 0.05) is 17.2 Å². The lowest BCUT2D eigenvalue weighted by atomic mass is 10.1. The largest absolute Gasteiger partial charge is 0.396 e. The summed E-state index contributed by atoms with van der Waals surface area (Å²) in [5.41, 5.74) is 1.94. The van der Waals surface area contributed by atoms with Crippen LogP contribution in [0.4, 0.5) is 5.69 Å². The van der Waals surface area contributed by atoms with Gasteiger partial charge in [0.05, 0.1) is 6.42 Å². The molecule has 2 N–H and O–H groups in total. The van der Waals surface area contributed by atoms with Crippen LogP contribution >= 0.6 is 11.3 Å². The van der Waals surface area contributed by atoms with E-state index < -0.39 is 0 Å². The first kappa shape index (κ1) is 13.8. The molecule has 1 aromatic heterocycles. The number of hydrogen-bond acceptors (Lipinski definition) is 3. The summed E-state index contributed by atoms with van der Waals surface area (Å²) < 4.78 is 0. The number of rotatable bonds is 6. The molecule has 0 spiro atoms. The molecule has 0 unspecified atom stereocenters. The molecule has 4 heteroatoms. The molecule has 3 nitrogen and oxygen atoms in total. The van der Waals surface area contributed by atoms with Gasteiger partial charge in [-0.2, -0.15) is 0 Å². The number of aryl methyl sites for hydroxylation is 1. The van der Waals surface area contributed by atoms with E-state index in [-0.39, 0.29) is 12.5 Å². The second-order valence-electron chi connectivity index (χ2n) is 4.33. The van der Waals surface area contributed by atoms with Crippen molar-refractivity contribution in [3.8, 4) is 0 Å². The van der Waals surface area contributed by atoms with Gasteiger partial charge in [-0.3, -0.25) is 4.79 Å². The summed E-state index contributed by atoms with van der Waals surface area (Å²) >= 11 is 1.59. The smallest absolute Gasteiger partial charge is 0.229 e. The van der Waals surface area contributed by atoms with Gasteiger partial charge < -0.3 is 10.4 Å². The van der Waals surface area contributed by atoms with Gasteiger partial charge in [0.2, 0.25) is 5.91 Å². The van der Waals surface area contributed by atoms with Gasteiger partial charge in [-0.15, -0.1) is 11.3 Å². The normalized spacial score (nSPS) is 10.4. The van der Waals surface area contributed by atoms with Gasteiger partial charge in [-0.05, 0) is 42.0 Å². The quantitative estimate of drug-likeness (QED) is 0.851. The van der Waals surface area contributed by atoms with Crippen molar-refractivity contribution >= 4 is 22.9 Å². The second-order valence-corrected chi connectivity index (χ2v) is 5.36. The number of carbonyl (C=O) groups excluding carboxylic acids is 1. The van der Waals surface area contributed by atoms with E-state index in [2.05, 4.69) is 5.32 Å². The van der Waals surface area contributed by atoms with Gasteiger partial charge >= 0.3 is 0 Å². The van der Waals surface area contributed by atoms with Crippen LogP contribution in [-0.2, 0) is 17.6 Å². The fraction of sp³-hybridized carbons (Fsp3) is 0.267. The second kappa shape index (κ2) is 7.07. The Bertz CT molecular complexity index is 523. The lowest BCUT2D eigenvalue weighted by Gasteiger charge is -2.06. The molecule has 2 aromatic rings. The van der Waals surface area contributed by atoms with Crippen molar-refractivity contribution in [1.82, 2.24) is 0 Å². The first-order valence-electron chi connectivity index (χ1n) is 6.30. The van der Waals surface area contributed by atoms with Crippen LogP contribution < -0.4 is 5.32 Å². The molecular weight excluding hydrogens is 258 g/mol. The highest BCUT2D eigenvalue weighted by atomic mass is 32.1. The van der Waals surface area contributed by atoms with Crippen LogP contribution in [0.2, 0.25) is 0 Å². The van der Waals surface area contributed by atoms with Crippen molar-refractivity contribution in [2.24, 2.45) is 0 Å². The van der Waals surface area contributed by atoms with E-state index in [1.807, 2.05) is 41.8 Å². The van der Waals surface area contributed by atoms with Gasteiger partial charge in [0.25, 0.3) is 0 Å². The Labute approximate surface area is 116 Å². The van der Waals surface area contributed by atoms with E-state index in [0.717, 1.165) is 29.0 Å². The van der Waals surface area contributed by atoms with Gasteiger partial charge in [0.1, 0.15) is 0 Å². The van der Waals surface area contributed by atoms with Crippen LogP contribution in [-0.4, -0.2) is 17.6 Å².